The Labute approximate surface area is 173 Å². The lowest BCUT2D eigenvalue weighted by Gasteiger charge is -2.22. The van der Waals surface area contributed by atoms with Gasteiger partial charge in [0.1, 0.15) is 0 Å². The average Bonchev–Trinajstić information content (AvgIpc) is 3.42. The topological polar surface area (TPSA) is 69.7 Å². The van der Waals surface area contributed by atoms with Crippen molar-refractivity contribution in [1.82, 2.24) is 5.32 Å². The summed E-state index contributed by atoms with van der Waals surface area (Å²) in [7, 11) is 0. The second-order valence-electron chi connectivity index (χ2n) is 7.31. The van der Waals surface area contributed by atoms with Crippen LogP contribution in [0.3, 0.4) is 0 Å². The normalized spacial score (nSPS) is 19.0. The molecule has 0 radical (unpaired) electrons. The van der Waals surface area contributed by atoms with Crippen LogP contribution in [0.1, 0.15) is 39.4 Å². The van der Waals surface area contributed by atoms with Gasteiger partial charge in [0.25, 0.3) is 5.91 Å². The van der Waals surface area contributed by atoms with E-state index in [1.54, 1.807) is 21.9 Å². The monoisotopic (exact) mass is 407 g/mol. The lowest BCUT2D eigenvalue weighted by Crippen LogP contribution is -2.36. The maximum atomic E-state index is 12.5. The molecule has 4 rings (SSSR count). The number of carbonyl (C=O) groups is 3. The molecule has 0 aliphatic carbocycles. The fourth-order valence-corrected chi connectivity index (χ4v) is 4.58. The van der Waals surface area contributed by atoms with E-state index in [-0.39, 0.29) is 30.2 Å². The van der Waals surface area contributed by atoms with Crippen LogP contribution in [0.25, 0.3) is 0 Å². The van der Waals surface area contributed by atoms with Gasteiger partial charge in [-0.25, -0.2) is 0 Å². The van der Waals surface area contributed by atoms with Crippen molar-refractivity contribution >= 4 is 40.4 Å². The number of benzene rings is 1. The molecule has 1 aromatic carbocycles. The van der Waals surface area contributed by atoms with Gasteiger partial charge in [-0.05, 0) is 49.2 Å². The Balaban J connectivity index is 1.45. The van der Waals surface area contributed by atoms with E-state index in [9.17, 15) is 14.4 Å². The first kappa shape index (κ1) is 19.2. The molecule has 2 aliphatic rings. The van der Waals surface area contributed by atoms with Gasteiger partial charge in [-0.2, -0.15) is 0 Å². The van der Waals surface area contributed by atoms with Gasteiger partial charge in [0.2, 0.25) is 11.8 Å². The van der Waals surface area contributed by atoms with Crippen LogP contribution in [-0.4, -0.2) is 36.9 Å². The van der Waals surface area contributed by atoms with Crippen LogP contribution in [0.5, 0.6) is 0 Å². The van der Waals surface area contributed by atoms with E-state index < -0.39 is 0 Å². The molecular weight excluding hydrogens is 386 g/mol. The van der Waals surface area contributed by atoms with Gasteiger partial charge < -0.3 is 15.1 Å². The SMILES string of the molecule is C#Cc1ccc(C(=O)N[C@@H]2CC(=O)N(c3ccc(N4CCCC4=O)c(C)c3)C2)s1. The Morgan fingerprint density at radius 3 is 2.69 bits per heavy atom. The van der Waals surface area contributed by atoms with Crippen molar-refractivity contribution in [3.63, 3.8) is 0 Å². The molecule has 0 unspecified atom stereocenters. The van der Waals surface area contributed by atoms with Gasteiger partial charge in [-0.3, -0.25) is 14.4 Å². The first-order chi connectivity index (χ1) is 14.0. The highest BCUT2D eigenvalue weighted by molar-refractivity contribution is 7.14. The van der Waals surface area contributed by atoms with E-state index in [0.29, 0.717) is 22.7 Å². The van der Waals surface area contributed by atoms with Gasteiger partial charge in [-0.1, -0.05) is 5.92 Å². The highest BCUT2D eigenvalue weighted by Crippen LogP contribution is 2.30. The molecule has 0 spiro atoms. The molecular formula is C22H21N3O3S. The number of rotatable bonds is 4. The summed E-state index contributed by atoms with van der Waals surface area (Å²) < 4.78 is 0. The van der Waals surface area contributed by atoms with Gasteiger partial charge in [-0.15, -0.1) is 17.8 Å². The zero-order valence-corrected chi connectivity index (χ0v) is 16.9. The maximum absolute atomic E-state index is 12.5. The summed E-state index contributed by atoms with van der Waals surface area (Å²) in [5.74, 6) is 2.41. The molecule has 6 nitrogen and oxygen atoms in total. The van der Waals surface area contributed by atoms with Crippen LogP contribution in [0.15, 0.2) is 30.3 Å². The second-order valence-corrected chi connectivity index (χ2v) is 8.39. The van der Waals surface area contributed by atoms with Crippen molar-refractivity contribution in [2.45, 2.75) is 32.2 Å². The van der Waals surface area contributed by atoms with Crippen LogP contribution in [-0.2, 0) is 9.59 Å². The van der Waals surface area contributed by atoms with Crippen molar-refractivity contribution < 1.29 is 14.4 Å². The van der Waals surface area contributed by atoms with Gasteiger partial charge in [0.05, 0.1) is 15.8 Å². The van der Waals surface area contributed by atoms with Crippen LogP contribution in [0, 0.1) is 19.3 Å². The first-order valence-electron chi connectivity index (χ1n) is 9.55. The molecule has 2 saturated heterocycles. The summed E-state index contributed by atoms with van der Waals surface area (Å²) in [5.41, 5.74) is 2.64. The molecule has 148 valence electrons. The molecule has 1 aromatic heterocycles. The number of nitrogens with one attached hydrogen (secondary N) is 1. The van der Waals surface area contributed by atoms with E-state index in [2.05, 4.69) is 11.2 Å². The predicted molar refractivity (Wildman–Crippen MR) is 113 cm³/mol. The lowest BCUT2D eigenvalue weighted by atomic mass is 10.1. The lowest BCUT2D eigenvalue weighted by molar-refractivity contribution is -0.117. The Morgan fingerprint density at radius 1 is 1.21 bits per heavy atom. The van der Waals surface area contributed by atoms with Crippen molar-refractivity contribution in [3.05, 3.63) is 45.6 Å². The van der Waals surface area contributed by atoms with E-state index >= 15 is 0 Å². The molecule has 2 aromatic rings. The Morgan fingerprint density at radius 2 is 2.03 bits per heavy atom. The quantitative estimate of drug-likeness (QED) is 0.793. The molecule has 0 saturated carbocycles. The molecule has 0 bridgehead atoms. The Bertz CT molecular complexity index is 1040. The molecule has 3 amide bonds. The smallest absolute Gasteiger partial charge is 0.261 e. The van der Waals surface area contributed by atoms with Crippen LogP contribution in [0.4, 0.5) is 11.4 Å². The molecule has 7 heteroatoms. The van der Waals surface area contributed by atoms with Crippen molar-refractivity contribution in [3.8, 4) is 12.3 Å². The Hall–Kier alpha value is -3.11. The summed E-state index contributed by atoms with van der Waals surface area (Å²) in [6.45, 7) is 3.10. The number of aryl methyl sites for hydroxylation is 1. The summed E-state index contributed by atoms with van der Waals surface area (Å²) in [6.07, 6.45) is 7.07. The fraction of sp³-hybridized carbons (Fsp3) is 0.318. The molecule has 1 atom stereocenters. The third-order valence-corrected chi connectivity index (χ3v) is 6.30. The fourth-order valence-electron chi connectivity index (χ4n) is 3.86. The minimum absolute atomic E-state index is 0.0322. The number of thiophene rings is 1. The van der Waals surface area contributed by atoms with Gasteiger partial charge in [0, 0.05) is 37.3 Å². The van der Waals surface area contributed by atoms with Crippen LogP contribution in [0.2, 0.25) is 0 Å². The number of carbonyl (C=O) groups excluding carboxylic acids is 3. The Kier molecular flexibility index (Phi) is 5.12. The van der Waals surface area contributed by atoms with Crippen molar-refractivity contribution in [2.75, 3.05) is 22.9 Å². The number of hydrogen-bond donors (Lipinski definition) is 1. The number of amides is 3. The number of hydrogen-bond acceptors (Lipinski definition) is 4. The molecule has 29 heavy (non-hydrogen) atoms. The van der Waals surface area contributed by atoms with E-state index in [4.69, 9.17) is 6.42 Å². The zero-order valence-electron chi connectivity index (χ0n) is 16.1. The standard InChI is InChI=1S/C22H21N3O3S/c1-3-17-7-9-19(29-17)22(28)23-15-12-21(27)25(13-15)16-6-8-18(14(2)11-16)24-10-4-5-20(24)26/h1,6-9,11,15H,4-5,10,12-13H2,2H3,(H,23,28)/t15-/m1/s1. The van der Waals surface area contributed by atoms with Crippen LogP contribution < -0.4 is 15.1 Å². The highest BCUT2D eigenvalue weighted by Gasteiger charge is 2.32. The second kappa shape index (κ2) is 7.72. The summed E-state index contributed by atoms with van der Waals surface area (Å²) >= 11 is 1.26. The molecule has 1 N–H and O–H groups in total. The molecule has 2 aliphatic heterocycles. The summed E-state index contributed by atoms with van der Waals surface area (Å²) in [5, 5.41) is 2.93. The van der Waals surface area contributed by atoms with Gasteiger partial charge >= 0.3 is 0 Å². The highest BCUT2D eigenvalue weighted by atomic mass is 32.1. The zero-order chi connectivity index (χ0) is 20.5. The van der Waals surface area contributed by atoms with Crippen LogP contribution >= 0.6 is 11.3 Å². The number of terminal acetylenes is 1. The van der Waals surface area contributed by atoms with Crippen molar-refractivity contribution in [1.29, 1.82) is 0 Å². The summed E-state index contributed by atoms with van der Waals surface area (Å²) in [6, 6.07) is 8.88. The number of nitrogens with zero attached hydrogens (tertiary/aromatic N) is 2. The van der Waals surface area contributed by atoms with E-state index in [0.717, 1.165) is 29.9 Å². The van der Waals surface area contributed by atoms with E-state index in [1.807, 2.05) is 25.1 Å². The largest absolute Gasteiger partial charge is 0.346 e. The third-order valence-electron chi connectivity index (χ3n) is 5.29. The van der Waals surface area contributed by atoms with E-state index in [1.165, 1.54) is 11.3 Å². The number of anilines is 2. The maximum Gasteiger partial charge on any atom is 0.261 e. The first-order valence-corrected chi connectivity index (χ1v) is 10.4. The minimum Gasteiger partial charge on any atom is -0.346 e. The average molecular weight is 407 g/mol. The molecule has 2 fully saturated rings. The third kappa shape index (κ3) is 3.76. The predicted octanol–water partition coefficient (Wildman–Crippen LogP) is 2.70. The van der Waals surface area contributed by atoms with Gasteiger partial charge in [0.15, 0.2) is 0 Å². The summed E-state index contributed by atoms with van der Waals surface area (Å²) in [4.78, 5) is 41.7. The minimum atomic E-state index is -0.258. The van der Waals surface area contributed by atoms with Crippen molar-refractivity contribution in [2.24, 2.45) is 0 Å². The molecule has 3 heterocycles.